The van der Waals surface area contributed by atoms with Gasteiger partial charge in [0.15, 0.2) is 0 Å². The topological polar surface area (TPSA) is 17.0 Å². The van der Waals surface area contributed by atoms with Gasteiger partial charge in [0, 0.05) is 37.1 Å². The lowest BCUT2D eigenvalue weighted by molar-refractivity contribution is 0.384. The lowest BCUT2D eigenvalue weighted by atomic mass is 9.69. The standard InChI is InChI=1S/C21H32N2/c1-14(2)17-13-23(8)20(16(17)5)21(6,15(3)4)18-11-9-10-12-19(18)22-7/h9-15,22H,1-8H3. The molecule has 126 valence electrons. The molecule has 0 spiro atoms. The zero-order chi connectivity index (χ0) is 17.4. The van der Waals surface area contributed by atoms with Gasteiger partial charge in [-0.25, -0.2) is 0 Å². The Morgan fingerprint density at radius 1 is 1.09 bits per heavy atom. The molecule has 1 aromatic carbocycles. The number of nitrogens with one attached hydrogen (secondary N) is 1. The first-order valence-electron chi connectivity index (χ1n) is 8.68. The molecular weight excluding hydrogens is 280 g/mol. The van der Waals surface area contributed by atoms with E-state index < -0.39 is 0 Å². The highest BCUT2D eigenvalue weighted by Crippen LogP contribution is 2.44. The summed E-state index contributed by atoms with van der Waals surface area (Å²) in [5.74, 6) is 1.04. The van der Waals surface area contributed by atoms with E-state index in [-0.39, 0.29) is 5.41 Å². The maximum absolute atomic E-state index is 3.39. The molecule has 0 aliphatic carbocycles. The summed E-state index contributed by atoms with van der Waals surface area (Å²) in [4.78, 5) is 0. The van der Waals surface area contributed by atoms with Gasteiger partial charge in [-0.15, -0.1) is 0 Å². The van der Waals surface area contributed by atoms with Crippen molar-refractivity contribution < 1.29 is 0 Å². The third-order valence-electron chi connectivity index (χ3n) is 5.50. The minimum Gasteiger partial charge on any atom is -0.388 e. The molecule has 2 aromatic rings. The van der Waals surface area contributed by atoms with E-state index in [9.17, 15) is 0 Å². The molecule has 0 aliphatic rings. The highest BCUT2D eigenvalue weighted by atomic mass is 15.0. The Balaban J connectivity index is 2.78. The minimum atomic E-state index is -0.0361. The molecule has 1 N–H and O–H groups in total. The third kappa shape index (κ3) is 2.80. The van der Waals surface area contributed by atoms with Crippen molar-refractivity contribution in [1.29, 1.82) is 0 Å². The Bertz CT molecular complexity index is 679. The average molecular weight is 313 g/mol. The van der Waals surface area contributed by atoms with Crippen LogP contribution >= 0.6 is 0 Å². The molecule has 1 unspecified atom stereocenters. The van der Waals surface area contributed by atoms with Gasteiger partial charge in [0.05, 0.1) is 0 Å². The molecule has 23 heavy (non-hydrogen) atoms. The molecule has 0 saturated carbocycles. The average Bonchev–Trinajstić information content (AvgIpc) is 2.81. The Kier molecular flexibility index (Phi) is 4.93. The smallest absolute Gasteiger partial charge is 0.0379 e. The molecule has 1 heterocycles. The Morgan fingerprint density at radius 2 is 1.70 bits per heavy atom. The molecular formula is C21H32N2. The molecule has 0 fully saturated rings. The van der Waals surface area contributed by atoms with E-state index in [0.29, 0.717) is 11.8 Å². The predicted octanol–water partition coefficient (Wildman–Crippen LogP) is 5.46. The number of hydrogen-bond acceptors (Lipinski definition) is 1. The molecule has 0 aliphatic heterocycles. The lowest BCUT2D eigenvalue weighted by Crippen LogP contribution is -2.34. The van der Waals surface area contributed by atoms with E-state index in [4.69, 9.17) is 0 Å². The van der Waals surface area contributed by atoms with Crippen molar-refractivity contribution in [1.82, 2.24) is 4.57 Å². The zero-order valence-electron chi connectivity index (χ0n) is 16.0. The number of hydrogen-bond donors (Lipinski definition) is 1. The highest BCUT2D eigenvalue weighted by Gasteiger charge is 2.38. The van der Waals surface area contributed by atoms with Crippen LogP contribution in [0, 0.1) is 12.8 Å². The van der Waals surface area contributed by atoms with Gasteiger partial charge in [0.25, 0.3) is 0 Å². The Hall–Kier alpha value is -1.70. The number of rotatable bonds is 5. The van der Waals surface area contributed by atoms with Crippen molar-refractivity contribution in [3.05, 3.63) is 52.8 Å². The van der Waals surface area contributed by atoms with E-state index >= 15 is 0 Å². The van der Waals surface area contributed by atoms with Crippen LogP contribution in [0.15, 0.2) is 30.5 Å². The first-order chi connectivity index (χ1) is 10.7. The Labute approximate surface area is 141 Å². The molecule has 0 saturated heterocycles. The normalized spacial score (nSPS) is 14.3. The fourth-order valence-electron chi connectivity index (χ4n) is 3.98. The second kappa shape index (κ2) is 6.43. The fraction of sp³-hybridized carbons (Fsp3) is 0.524. The van der Waals surface area contributed by atoms with E-state index in [1.807, 2.05) is 7.05 Å². The van der Waals surface area contributed by atoms with Gasteiger partial charge in [-0.05, 0) is 48.4 Å². The van der Waals surface area contributed by atoms with Gasteiger partial charge in [0.1, 0.15) is 0 Å². The van der Waals surface area contributed by atoms with Crippen molar-refractivity contribution in [2.45, 2.75) is 52.9 Å². The van der Waals surface area contributed by atoms with Crippen LogP contribution in [0.1, 0.15) is 62.9 Å². The van der Waals surface area contributed by atoms with Gasteiger partial charge in [-0.3, -0.25) is 0 Å². The summed E-state index contributed by atoms with van der Waals surface area (Å²) < 4.78 is 2.34. The minimum absolute atomic E-state index is 0.0361. The number of para-hydroxylation sites is 1. The van der Waals surface area contributed by atoms with Crippen LogP contribution in [-0.4, -0.2) is 11.6 Å². The van der Waals surface area contributed by atoms with Crippen LogP contribution in [-0.2, 0) is 12.5 Å². The van der Waals surface area contributed by atoms with Gasteiger partial charge in [-0.2, -0.15) is 0 Å². The summed E-state index contributed by atoms with van der Waals surface area (Å²) in [5, 5.41) is 3.39. The first kappa shape index (κ1) is 17.7. The maximum atomic E-state index is 3.39. The predicted molar refractivity (Wildman–Crippen MR) is 102 cm³/mol. The molecule has 0 radical (unpaired) electrons. The molecule has 1 aromatic heterocycles. The zero-order valence-corrected chi connectivity index (χ0v) is 16.0. The molecule has 2 rings (SSSR count). The number of anilines is 1. The van der Waals surface area contributed by atoms with Crippen LogP contribution < -0.4 is 5.32 Å². The van der Waals surface area contributed by atoms with Crippen LogP contribution in [0.5, 0.6) is 0 Å². The largest absolute Gasteiger partial charge is 0.388 e. The van der Waals surface area contributed by atoms with Gasteiger partial charge in [0.2, 0.25) is 0 Å². The van der Waals surface area contributed by atoms with Crippen LogP contribution in [0.4, 0.5) is 5.69 Å². The third-order valence-corrected chi connectivity index (χ3v) is 5.50. The summed E-state index contributed by atoms with van der Waals surface area (Å²) in [6, 6.07) is 8.71. The second-order valence-corrected chi connectivity index (χ2v) is 7.48. The van der Waals surface area contributed by atoms with Crippen molar-refractivity contribution in [2.75, 3.05) is 12.4 Å². The summed E-state index contributed by atoms with van der Waals surface area (Å²) in [7, 11) is 4.20. The maximum Gasteiger partial charge on any atom is 0.0379 e. The SMILES string of the molecule is CNc1ccccc1C(C)(c1c(C)c(C(C)C)cn1C)C(C)C. The summed E-state index contributed by atoms with van der Waals surface area (Å²) in [6.45, 7) is 13.9. The van der Waals surface area contributed by atoms with Crippen molar-refractivity contribution in [3.63, 3.8) is 0 Å². The quantitative estimate of drug-likeness (QED) is 0.775. The summed E-state index contributed by atoms with van der Waals surface area (Å²) in [6.07, 6.45) is 2.32. The monoisotopic (exact) mass is 312 g/mol. The van der Waals surface area contributed by atoms with E-state index in [0.717, 1.165) is 0 Å². The van der Waals surface area contributed by atoms with E-state index in [2.05, 4.69) is 88.9 Å². The number of aryl methyl sites for hydroxylation is 1. The Morgan fingerprint density at radius 3 is 2.17 bits per heavy atom. The highest BCUT2D eigenvalue weighted by molar-refractivity contribution is 5.58. The van der Waals surface area contributed by atoms with Crippen LogP contribution in [0.3, 0.4) is 0 Å². The first-order valence-corrected chi connectivity index (χ1v) is 8.68. The number of nitrogens with zero attached hydrogens (tertiary/aromatic N) is 1. The van der Waals surface area contributed by atoms with Crippen LogP contribution in [0.25, 0.3) is 0 Å². The van der Waals surface area contributed by atoms with Crippen LogP contribution in [0.2, 0.25) is 0 Å². The molecule has 2 nitrogen and oxygen atoms in total. The second-order valence-electron chi connectivity index (χ2n) is 7.48. The molecule has 1 atom stereocenters. The van der Waals surface area contributed by atoms with Crippen molar-refractivity contribution >= 4 is 5.69 Å². The molecule has 0 amide bonds. The van der Waals surface area contributed by atoms with E-state index in [1.165, 1.54) is 28.1 Å². The van der Waals surface area contributed by atoms with Crippen molar-refractivity contribution in [2.24, 2.45) is 13.0 Å². The summed E-state index contributed by atoms with van der Waals surface area (Å²) >= 11 is 0. The van der Waals surface area contributed by atoms with Gasteiger partial charge < -0.3 is 9.88 Å². The molecule has 0 bridgehead atoms. The van der Waals surface area contributed by atoms with Gasteiger partial charge >= 0.3 is 0 Å². The number of aromatic nitrogens is 1. The number of benzene rings is 1. The lowest BCUT2D eigenvalue weighted by Gasteiger charge is -2.37. The summed E-state index contributed by atoms with van der Waals surface area (Å²) in [5.41, 5.74) is 6.87. The van der Waals surface area contributed by atoms with Gasteiger partial charge in [-0.1, -0.05) is 45.9 Å². The fourth-order valence-corrected chi connectivity index (χ4v) is 3.98. The molecule has 2 heteroatoms. The van der Waals surface area contributed by atoms with Crippen molar-refractivity contribution in [3.8, 4) is 0 Å². The van der Waals surface area contributed by atoms with E-state index in [1.54, 1.807) is 0 Å².